The van der Waals surface area contributed by atoms with Gasteiger partial charge in [0.25, 0.3) is 5.91 Å². The molecule has 2 amide bonds. The molecule has 0 aliphatic carbocycles. The Morgan fingerprint density at radius 2 is 2.15 bits per heavy atom. The molecule has 0 aromatic heterocycles. The van der Waals surface area contributed by atoms with Crippen molar-refractivity contribution in [3.8, 4) is 0 Å². The first-order valence-electron chi connectivity index (χ1n) is 3.95. The molecule has 0 unspecified atom stereocenters. The van der Waals surface area contributed by atoms with Crippen molar-refractivity contribution >= 4 is 12.0 Å². The number of carbonyl (C=O) groups is 2. The van der Waals surface area contributed by atoms with Crippen LogP contribution < -0.4 is 11.2 Å². The van der Waals surface area contributed by atoms with E-state index in [2.05, 4.69) is 9.57 Å². The van der Waals surface area contributed by atoms with Gasteiger partial charge in [0.05, 0.1) is 6.61 Å². The molecule has 0 aromatic rings. The van der Waals surface area contributed by atoms with Gasteiger partial charge < -0.3 is 4.74 Å². The predicted octanol–water partition coefficient (Wildman–Crippen LogP) is 0.254. The second-order valence-electron chi connectivity index (χ2n) is 2.30. The van der Waals surface area contributed by atoms with E-state index in [4.69, 9.17) is 5.73 Å². The number of unbranched alkanes of at least 4 members (excludes halogenated alkanes) is 1. The molecule has 0 aliphatic heterocycles. The van der Waals surface area contributed by atoms with Crippen LogP contribution in [0.2, 0.25) is 0 Å². The molecule has 2 N–H and O–H groups in total. The summed E-state index contributed by atoms with van der Waals surface area (Å²) in [7, 11) is 0. The first-order valence-corrected chi connectivity index (χ1v) is 3.95. The molecule has 0 fully saturated rings. The fourth-order valence-electron chi connectivity index (χ4n) is 0.499. The third-order valence-corrected chi connectivity index (χ3v) is 1.09. The van der Waals surface area contributed by atoms with Crippen LogP contribution in [0.25, 0.3) is 0 Å². The summed E-state index contributed by atoms with van der Waals surface area (Å²) in [6, 6.07) is 0. The Kier molecular flexibility index (Phi) is 6.62. The average Bonchev–Trinajstić information content (AvgIpc) is 2.04. The third-order valence-electron chi connectivity index (χ3n) is 1.09. The maximum absolute atomic E-state index is 10.7. The van der Waals surface area contributed by atoms with E-state index in [1.165, 1.54) is 0 Å². The standard InChI is InChI=1S/C7H13N2O4/c1-2-3-4-12-7(11)9-13-5-6(8)10/h8H,2-5H2,1H3,(H,9,11). The highest BCUT2D eigenvalue weighted by atomic mass is 16.7. The number of hydroxylamine groups is 1. The highest BCUT2D eigenvalue weighted by Crippen LogP contribution is 1.87. The molecule has 6 heteroatoms. The van der Waals surface area contributed by atoms with Crippen LogP contribution in [-0.4, -0.2) is 25.2 Å². The van der Waals surface area contributed by atoms with Crippen LogP contribution in [0.5, 0.6) is 0 Å². The molecule has 0 aliphatic rings. The van der Waals surface area contributed by atoms with E-state index in [0.29, 0.717) is 6.61 Å². The smallest absolute Gasteiger partial charge is 0.431 e. The van der Waals surface area contributed by atoms with Gasteiger partial charge in [-0.2, -0.15) is 5.48 Å². The summed E-state index contributed by atoms with van der Waals surface area (Å²) in [5.41, 5.74) is 8.30. The number of hydrogen-bond acceptors (Lipinski definition) is 4. The van der Waals surface area contributed by atoms with Crippen LogP contribution in [0.1, 0.15) is 19.8 Å². The summed E-state index contributed by atoms with van der Waals surface area (Å²) in [6.07, 6.45) is 0.971. The van der Waals surface area contributed by atoms with Crippen molar-refractivity contribution < 1.29 is 19.2 Å². The van der Waals surface area contributed by atoms with Crippen molar-refractivity contribution in [3.05, 3.63) is 0 Å². The van der Waals surface area contributed by atoms with Crippen molar-refractivity contribution in [3.63, 3.8) is 0 Å². The summed E-state index contributed by atoms with van der Waals surface area (Å²) in [5, 5.41) is 0. The minimum atomic E-state index is -0.908. The van der Waals surface area contributed by atoms with Crippen molar-refractivity contribution in [1.29, 1.82) is 0 Å². The minimum Gasteiger partial charge on any atom is -0.448 e. The molecule has 0 bridgehead atoms. The van der Waals surface area contributed by atoms with E-state index in [1.807, 2.05) is 12.4 Å². The monoisotopic (exact) mass is 189 g/mol. The molecule has 0 heterocycles. The highest BCUT2D eigenvalue weighted by molar-refractivity contribution is 5.74. The average molecular weight is 189 g/mol. The molecule has 0 spiro atoms. The lowest BCUT2D eigenvalue weighted by atomic mass is 10.4. The molecule has 0 saturated carbocycles. The van der Waals surface area contributed by atoms with Crippen molar-refractivity contribution in [1.82, 2.24) is 11.2 Å². The molecule has 0 atom stereocenters. The summed E-state index contributed by atoms with van der Waals surface area (Å²) in [5.74, 6) is -0.908. The van der Waals surface area contributed by atoms with Gasteiger partial charge in [-0.3, -0.25) is 15.4 Å². The van der Waals surface area contributed by atoms with Crippen molar-refractivity contribution in [2.45, 2.75) is 19.8 Å². The summed E-state index contributed by atoms with van der Waals surface area (Å²) in [6.45, 7) is 1.82. The Morgan fingerprint density at radius 3 is 2.69 bits per heavy atom. The second kappa shape index (κ2) is 7.35. The van der Waals surface area contributed by atoms with E-state index < -0.39 is 18.6 Å². The number of rotatable bonds is 6. The van der Waals surface area contributed by atoms with Gasteiger partial charge in [0.1, 0.15) is 0 Å². The van der Waals surface area contributed by atoms with Gasteiger partial charge in [-0.05, 0) is 6.42 Å². The molecule has 6 nitrogen and oxygen atoms in total. The number of nitrogens with one attached hydrogen (secondary N) is 2. The Bertz CT molecular complexity index is 172. The van der Waals surface area contributed by atoms with Crippen LogP contribution in [0.15, 0.2) is 0 Å². The Hall–Kier alpha value is -1.30. The normalized spacial score (nSPS) is 9.31. The van der Waals surface area contributed by atoms with Crippen LogP contribution in [0, 0.1) is 0 Å². The predicted molar refractivity (Wildman–Crippen MR) is 43.4 cm³/mol. The van der Waals surface area contributed by atoms with Crippen LogP contribution in [-0.2, 0) is 14.4 Å². The number of amides is 2. The topological polar surface area (TPSA) is 88.4 Å². The summed E-state index contributed by atoms with van der Waals surface area (Å²) >= 11 is 0. The number of hydrogen-bond donors (Lipinski definition) is 1. The number of ether oxygens (including phenoxy) is 1. The zero-order valence-electron chi connectivity index (χ0n) is 7.46. The lowest BCUT2D eigenvalue weighted by molar-refractivity contribution is -0.125. The Labute approximate surface area is 76.3 Å². The Morgan fingerprint density at radius 1 is 1.46 bits per heavy atom. The molecule has 75 valence electrons. The molecule has 0 rings (SSSR count). The second-order valence-corrected chi connectivity index (χ2v) is 2.30. The van der Waals surface area contributed by atoms with Gasteiger partial charge in [-0.1, -0.05) is 13.3 Å². The van der Waals surface area contributed by atoms with Gasteiger partial charge in [0, 0.05) is 0 Å². The zero-order valence-corrected chi connectivity index (χ0v) is 7.46. The summed E-state index contributed by atoms with van der Waals surface area (Å²) in [4.78, 5) is 25.0. The van der Waals surface area contributed by atoms with E-state index in [0.717, 1.165) is 12.8 Å². The van der Waals surface area contributed by atoms with Gasteiger partial charge in [-0.15, -0.1) is 0 Å². The lowest BCUT2D eigenvalue weighted by Gasteiger charge is -2.04. The quantitative estimate of drug-likeness (QED) is 0.479. The van der Waals surface area contributed by atoms with Gasteiger partial charge in [0.15, 0.2) is 6.61 Å². The van der Waals surface area contributed by atoms with E-state index in [1.54, 1.807) is 0 Å². The molecule has 1 radical (unpaired) electrons. The molecular formula is C7H13N2O4. The van der Waals surface area contributed by atoms with Gasteiger partial charge >= 0.3 is 6.09 Å². The van der Waals surface area contributed by atoms with Crippen LogP contribution in [0.4, 0.5) is 4.79 Å². The third kappa shape index (κ3) is 8.61. The first kappa shape index (κ1) is 11.7. The highest BCUT2D eigenvalue weighted by Gasteiger charge is 2.01. The van der Waals surface area contributed by atoms with Crippen molar-refractivity contribution in [2.75, 3.05) is 13.2 Å². The van der Waals surface area contributed by atoms with E-state index in [-0.39, 0.29) is 0 Å². The van der Waals surface area contributed by atoms with Crippen LogP contribution >= 0.6 is 0 Å². The first-order chi connectivity index (χ1) is 6.16. The Balaban J connectivity index is 3.25. The molecule has 0 saturated heterocycles. The minimum absolute atomic E-state index is 0.320. The maximum Gasteiger partial charge on any atom is 0.431 e. The fraction of sp³-hybridized carbons (Fsp3) is 0.714. The van der Waals surface area contributed by atoms with Gasteiger partial charge in [0.2, 0.25) is 0 Å². The zero-order chi connectivity index (χ0) is 10.1. The fourth-order valence-corrected chi connectivity index (χ4v) is 0.499. The van der Waals surface area contributed by atoms with Gasteiger partial charge in [-0.25, -0.2) is 4.79 Å². The SMILES string of the molecule is CCCCOC(=O)NOCC([NH])=O. The number of carbonyl (C=O) groups excluding carboxylic acids is 2. The maximum atomic E-state index is 10.7. The van der Waals surface area contributed by atoms with Crippen LogP contribution in [0.3, 0.4) is 0 Å². The molecular weight excluding hydrogens is 176 g/mol. The van der Waals surface area contributed by atoms with E-state index >= 15 is 0 Å². The largest absolute Gasteiger partial charge is 0.448 e. The lowest BCUT2D eigenvalue weighted by Crippen LogP contribution is -2.27. The van der Waals surface area contributed by atoms with Crippen molar-refractivity contribution in [2.24, 2.45) is 0 Å². The molecule has 0 aromatic carbocycles. The summed E-state index contributed by atoms with van der Waals surface area (Å²) < 4.78 is 4.62. The van der Waals surface area contributed by atoms with E-state index in [9.17, 15) is 9.59 Å². The molecule has 13 heavy (non-hydrogen) atoms.